The first-order valence-electron chi connectivity index (χ1n) is 4.36. The first-order chi connectivity index (χ1) is 7.31. The quantitative estimate of drug-likeness (QED) is 0.479. The van der Waals surface area contributed by atoms with Gasteiger partial charge in [0.1, 0.15) is 5.01 Å². The summed E-state index contributed by atoms with van der Waals surface area (Å²) >= 11 is 1.48. The van der Waals surface area contributed by atoms with Gasteiger partial charge in [-0.05, 0) is 19.1 Å². The van der Waals surface area contributed by atoms with E-state index in [0.717, 1.165) is 15.4 Å². The second kappa shape index (κ2) is 4.18. The molecule has 0 atom stereocenters. The molecule has 2 heterocycles. The highest BCUT2D eigenvalue weighted by molar-refractivity contribution is 7.17. The lowest BCUT2D eigenvalue weighted by molar-refractivity contribution is 0.319. The molecule has 2 aromatic rings. The van der Waals surface area contributed by atoms with Crippen molar-refractivity contribution in [3.63, 3.8) is 0 Å². The Labute approximate surface area is 90.9 Å². The van der Waals surface area contributed by atoms with Gasteiger partial charge in [0.05, 0.1) is 10.6 Å². The summed E-state index contributed by atoms with van der Waals surface area (Å²) in [5.74, 6) is 0. The van der Waals surface area contributed by atoms with Crippen molar-refractivity contribution in [2.45, 2.75) is 6.92 Å². The van der Waals surface area contributed by atoms with Crippen molar-refractivity contribution >= 4 is 17.0 Å². The van der Waals surface area contributed by atoms with Gasteiger partial charge in [-0.2, -0.15) is 0 Å². The van der Waals surface area contributed by atoms with Crippen molar-refractivity contribution in [3.05, 3.63) is 35.6 Å². The number of hydrogen-bond acceptors (Lipinski definition) is 5. The van der Waals surface area contributed by atoms with Gasteiger partial charge in [-0.15, -0.1) is 11.3 Å². The zero-order valence-electron chi connectivity index (χ0n) is 8.08. The first-order valence-corrected chi connectivity index (χ1v) is 5.18. The Balaban J connectivity index is 2.36. The molecule has 0 aromatic carbocycles. The van der Waals surface area contributed by atoms with Crippen molar-refractivity contribution < 1.29 is 5.21 Å². The maximum atomic E-state index is 8.62. The maximum absolute atomic E-state index is 8.62. The van der Waals surface area contributed by atoms with Crippen LogP contribution in [0.2, 0.25) is 0 Å². The smallest absolute Gasteiger partial charge is 0.125 e. The van der Waals surface area contributed by atoms with Crippen LogP contribution in [-0.4, -0.2) is 20.9 Å². The molecule has 2 aromatic heterocycles. The van der Waals surface area contributed by atoms with E-state index in [4.69, 9.17) is 5.21 Å². The van der Waals surface area contributed by atoms with Crippen molar-refractivity contribution in [2.24, 2.45) is 5.16 Å². The fourth-order valence-electron chi connectivity index (χ4n) is 1.11. The Hall–Kier alpha value is -1.75. The van der Waals surface area contributed by atoms with E-state index in [1.54, 1.807) is 25.5 Å². The summed E-state index contributed by atoms with van der Waals surface area (Å²) in [6, 6.07) is 3.81. The molecular weight excluding hydrogens is 210 g/mol. The van der Waals surface area contributed by atoms with Gasteiger partial charge in [-0.25, -0.2) is 4.98 Å². The van der Waals surface area contributed by atoms with E-state index in [1.807, 2.05) is 12.1 Å². The normalized spacial score (nSPS) is 11.7. The molecule has 4 nitrogen and oxygen atoms in total. The predicted molar refractivity (Wildman–Crippen MR) is 59.3 cm³/mol. The lowest BCUT2D eigenvalue weighted by atomic mass is 10.3. The molecule has 76 valence electrons. The SMILES string of the molecule is C/C(=N\O)c1cnc(-c2cccnc2)s1. The number of thiazole rings is 1. The minimum atomic E-state index is 0.572. The summed E-state index contributed by atoms with van der Waals surface area (Å²) < 4.78 is 0. The summed E-state index contributed by atoms with van der Waals surface area (Å²) in [5, 5.41) is 12.6. The van der Waals surface area contributed by atoms with Gasteiger partial charge < -0.3 is 5.21 Å². The summed E-state index contributed by atoms with van der Waals surface area (Å²) in [5.41, 5.74) is 1.54. The second-order valence-corrected chi connectivity index (χ2v) is 3.99. The summed E-state index contributed by atoms with van der Waals surface area (Å²) in [4.78, 5) is 9.12. The fourth-order valence-corrected chi connectivity index (χ4v) is 1.96. The van der Waals surface area contributed by atoms with Crippen LogP contribution in [0.5, 0.6) is 0 Å². The molecule has 0 aliphatic heterocycles. The largest absolute Gasteiger partial charge is 0.411 e. The number of hydrogen-bond donors (Lipinski definition) is 1. The molecule has 0 spiro atoms. The van der Waals surface area contributed by atoms with Crippen LogP contribution in [0, 0.1) is 0 Å². The zero-order chi connectivity index (χ0) is 10.7. The monoisotopic (exact) mass is 219 g/mol. The Morgan fingerprint density at radius 1 is 1.47 bits per heavy atom. The molecule has 0 amide bonds. The lowest BCUT2D eigenvalue weighted by Gasteiger charge is -1.92. The van der Waals surface area contributed by atoms with Gasteiger partial charge >= 0.3 is 0 Å². The summed E-state index contributed by atoms with van der Waals surface area (Å²) in [6.45, 7) is 1.74. The third kappa shape index (κ3) is 2.02. The molecule has 0 saturated heterocycles. The van der Waals surface area contributed by atoms with E-state index in [-0.39, 0.29) is 0 Å². The fraction of sp³-hybridized carbons (Fsp3) is 0.100. The van der Waals surface area contributed by atoms with Gasteiger partial charge in [-0.1, -0.05) is 5.16 Å². The van der Waals surface area contributed by atoms with E-state index >= 15 is 0 Å². The summed E-state index contributed by atoms with van der Waals surface area (Å²) in [7, 11) is 0. The van der Waals surface area contributed by atoms with Crippen LogP contribution < -0.4 is 0 Å². The van der Waals surface area contributed by atoms with Gasteiger partial charge in [0.15, 0.2) is 0 Å². The van der Waals surface area contributed by atoms with Crippen LogP contribution in [0.15, 0.2) is 35.9 Å². The molecule has 0 bridgehead atoms. The number of rotatable bonds is 2. The standard InChI is InChI=1S/C10H9N3OS/c1-7(13-14)9-6-12-10(15-9)8-3-2-4-11-5-8/h2-6,14H,1H3/b13-7+. The molecule has 0 unspecified atom stereocenters. The van der Waals surface area contributed by atoms with Crippen molar-refractivity contribution in [3.8, 4) is 10.6 Å². The van der Waals surface area contributed by atoms with Gasteiger partial charge in [0, 0.05) is 24.2 Å². The van der Waals surface area contributed by atoms with Gasteiger partial charge in [0.2, 0.25) is 0 Å². The molecule has 0 saturated carbocycles. The third-order valence-electron chi connectivity index (χ3n) is 1.92. The van der Waals surface area contributed by atoms with Gasteiger partial charge in [0.25, 0.3) is 0 Å². The second-order valence-electron chi connectivity index (χ2n) is 2.96. The minimum absolute atomic E-state index is 0.572. The Bertz CT molecular complexity index is 478. The van der Waals surface area contributed by atoms with E-state index in [9.17, 15) is 0 Å². The van der Waals surface area contributed by atoms with Crippen LogP contribution in [0.3, 0.4) is 0 Å². The number of pyridine rings is 1. The molecule has 0 aliphatic rings. The first kappa shape index (κ1) is 9.79. The average molecular weight is 219 g/mol. The van der Waals surface area contributed by atoms with Gasteiger partial charge in [-0.3, -0.25) is 4.98 Å². The molecule has 2 rings (SSSR count). The predicted octanol–water partition coefficient (Wildman–Crippen LogP) is 2.40. The number of oxime groups is 1. The number of aromatic nitrogens is 2. The zero-order valence-corrected chi connectivity index (χ0v) is 8.90. The summed E-state index contributed by atoms with van der Waals surface area (Å²) in [6.07, 6.45) is 5.18. The van der Waals surface area contributed by atoms with E-state index in [1.165, 1.54) is 11.3 Å². The Kier molecular flexibility index (Phi) is 2.73. The molecule has 0 radical (unpaired) electrons. The molecule has 5 heteroatoms. The minimum Gasteiger partial charge on any atom is -0.411 e. The highest BCUT2D eigenvalue weighted by Crippen LogP contribution is 2.24. The van der Waals surface area contributed by atoms with E-state index in [2.05, 4.69) is 15.1 Å². The molecule has 0 fully saturated rings. The number of nitrogens with zero attached hydrogens (tertiary/aromatic N) is 3. The van der Waals surface area contributed by atoms with E-state index in [0.29, 0.717) is 5.71 Å². The van der Waals surface area contributed by atoms with Crippen LogP contribution >= 0.6 is 11.3 Å². The van der Waals surface area contributed by atoms with Crippen LogP contribution in [0.25, 0.3) is 10.6 Å². The highest BCUT2D eigenvalue weighted by Gasteiger charge is 2.06. The third-order valence-corrected chi connectivity index (χ3v) is 3.08. The lowest BCUT2D eigenvalue weighted by Crippen LogP contribution is -1.88. The highest BCUT2D eigenvalue weighted by atomic mass is 32.1. The molecule has 1 N–H and O–H groups in total. The Morgan fingerprint density at radius 3 is 3.00 bits per heavy atom. The molecule has 15 heavy (non-hydrogen) atoms. The van der Waals surface area contributed by atoms with E-state index < -0.39 is 0 Å². The average Bonchev–Trinajstić information content (AvgIpc) is 2.78. The molecule has 0 aliphatic carbocycles. The van der Waals surface area contributed by atoms with Crippen LogP contribution in [0.1, 0.15) is 11.8 Å². The van der Waals surface area contributed by atoms with Crippen molar-refractivity contribution in [1.29, 1.82) is 0 Å². The van der Waals surface area contributed by atoms with Crippen molar-refractivity contribution in [2.75, 3.05) is 0 Å². The van der Waals surface area contributed by atoms with Crippen molar-refractivity contribution in [1.82, 2.24) is 9.97 Å². The molecular formula is C10H9N3OS. The Morgan fingerprint density at radius 2 is 2.33 bits per heavy atom. The van der Waals surface area contributed by atoms with Crippen LogP contribution in [0.4, 0.5) is 0 Å². The maximum Gasteiger partial charge on any atom is 0.125 e. The van der Waals surface area contributed by atoms with Crippen LogP contribution in [-0.2, 0) is 0 Å². The topological polar surface area (TPSA) is 58.4 Å².